The summed E-state index contributed by atoms with van der Waals surface area (Å²) in [6.45, 7) is 1.98. The lowest BCUT2D eigenvalue weighted by atomic mass is 10.1. The van der Waals surface area contributed by atoms with Crippen LogP contribution in [-0.2, 0) is 0 Å². The van der Waals surface area contributed by atoms with Crippen molar-refractivity contribution in [2.24, 2.45) is 0 Å². The third-order valence-electron chi connectivity index (χ3n) is 3.03. The summed E-state index contributed by atoms with van der Waals surface area (Å²) in [5.74, 6) is 0.851. The van der Waals surface area contributed by atoms with E-state index in [0.29, 0.717) is 11.6 Å². The first-order valence-electron chi connectivity index (χ1n) is 5.66. The summed E-state index contributed by atoms with van der Waals surface area (Å²) in [6, 6.07) is 5.38. The number of aromatic nitrogens is 4. The van der Waals surface area contributed by atoms with Gasteiger partial charge < -0.3 is 10.0 Å². The second-order valence-corrected chi connectivity index (χ2v) is 4.13. The molecule has 1 aliphatic heterocycles. The molecule has 1 aliphatic rings. The zero-order valence-corrected chi connectivity index (χ0v) is 9.30. The highest BCUT2D eigenvalue weighted by atomic mass is 16.3. The molecule has 0 aliphatic carbocycles. The Bertz CT molecular complexity index is 505. The maximum absolute atomic E-state index is 9.89. The van der Waals surface area contributed by atoms with E-state index in [9.17, 15) is 5.11 Å². The maximum atomic E-state index is 9.89. The van der Waals surface area contributed by atoms with Gasteiger partial charge in [-0.2, -0.15) is 5.21 Å². The van der Waals surface area contributed by atoms with Gasteiger partial charge in [-0.1, -0.05) is 0 Å². The van der Waals surface area contributed by atoms with Gasteiger partial charge in [-0.3, -0.25) is 0 Å². The second-order valence-electron chi connectivity index (χ2n) is 4.13. The number of aromatic amines is 1. The van der Waals surface area contributed by atoms with Gasteiger partial charge in [0.25, 0.3) is 0 Å². The first-order chi connectivity index (χ1) is 8.34. The van der Waals surface area contributed by atoms with Crippen molar-refractivity contribution in [2.45, 2.75) is 12.8 Å². The van der Waals surface area contributed by atoms with Crippen molar-refractivity contribution in [1.82, 2.24) is 20.6 Å². The molecule has 88 valence electrons. The molecule has 3 rings (SSSR count). The molecule has 1 aromatic heterocycles. The Kier molecular flexibility index (Phi) is 2.40. The van der Waals surface area contributed by atoms with Crippen LogP contribution in [0.15, 0.2) is 18.2 Å². The number of phenolic OH excluding ortho intramolecular Hbond substituents is 1. The van der Waals surface area contributed by atoms with Gasteiger partial charge >= 0.3 is 0 Å². The van der Waals surface area contributed by atoms with Crippen molar-refractivity contribution in [1.29, 1.82) is 0 Å². The first-order valence-corrected chi connectivity index (χ1v) is 5.66. The number of phenols is 1. The molecule has 2 heterocycles. The van der Waals surface area contributed by atoms with Crippen LogP contribution in [0.3, 0.4) is 0 Å². The number of nitrogens with one attached hydrogen (secondary N) is 1. The molecule has 0 unspecified atom stereocenters. The van der Waals surface area contributed by atoms with Gasteiger partial charge in [-0.25, -0.2) is 0 Å². The predicted molar refractivity (Wildman–Crippen MR) is 62.7 cm³/mol. The van der Waals surface area contributed by atoms with Gasteiger partial charge in [-0.05, 0) is 36.3 Å². The Morgan fingerprint density at radius 1 is 1.24 bits per heavy atom. The van der Waals surface area contributed by atoms with Crippen molar-refractivity contribution in [3.8, 4) is 17.1 Å². The largest absolute Gasteiger partial charge is 0.506 e. The quantitative estimate of drug-likeness (QED) is 0.811. The van der Waals surface area contributed by atoms with Gasteiger partial charge in [0.05, 0.1) is 5.69 Å². The number of hydrogen-bond acceptors (Lipinski definition) is 5. The van der Waals surface area contributed by atoms with E-state index in [1.807, 2.05) is 6.07 Å². The van der Waals surface area contributed by atoms with E-state index < -0.39 is 0 Å². The lowest BCUT2D eigenvalue weighted by molar-refractivity contribution is 0.475. The minimum absolute atomic E-state index is 0.305. The maximum Gasteiger partial charge on any atom is 0.204 e. The molecule has 1 saturated heterocycles. The lowest BCUT2D eigenvalue weighted by Crippen LogP contribution is -2.17. The first kappa shape index (κ1) is 10.1. The van der Waals surface area contributed by atoms with Gasteiger partial charge in [-0.15, -0.1) is 10.2 Å². The van der Waals surface area contributed by atoms with Crippen molar-refractivity contribution < 1.29 is 5.11 Å². The fraction of sp³-hybridized carbons (Fsp3) is 0.364. The van der Waals surface area contributed by atoms with E-state index in [1.54, 1.807) is 12.1 Å². The van der Waals surface area contributed by atoms with E-state index in [-0.39, 0.29) is 0 Å². The van der Waals surface area contributed by atoms with E-state index in [4.69, 9.17) is 0 Å². The van der Waals surface area contributed by atoms with Crippen LogP contribution < -0.4 is 4.90 Å². The Morgan fingerprint density at radius 3 is 2.76 bits per heavy atom. The number of tetrazole rings is 1. The van der Waals surface area contributed by atoms with E-state index in [2.05, 4.69) is 25.5 Å². The molecule has 1 fully saturated rings. The van der Waals surface area contributed by atoms with E-state index >= 15 is 0 Å². The van der Waals surface area contributed by atoms with Crippen LogP contribution in [0.25, 0.3) is 11.4 Å². The van der Waals surface area contributed by atoms with Crippen LogP contribution in [0, 0.1) is 0 Å². The average Bonchev–Trinajstić information content (AvgIpc) is 3.03. The molecule has 1 aromatic carbocycles. The SMILES string of the molecule is Oc1ccc(-c2nn[nH]n2)cc1N1CCCC1. The zero-order valence-electron chi connectivity index (χ0n) is 9.30. The number of rotatable bonds is 2. The van der Waals surface area contributed by atoms with Crippen molar-refractivity contribution in [3.05, 3.63) is 18.2 Å². The molecule has 2 aromatic rings. The summed E-state index contributed by atoms with van der Waals surface area (Å²) in [4.78, 5) is 2.18. The number of nitrogens with zero attached hydrogens (tertiary/aromatic N) is 4. The number of aromatic hydroxyl groups is 1. The molecular weight excluding hydrogens is 218 g/mol. The van der Waals surface area contributed by atoms with Crippen LogP contribution in [-0.4, -0.2) is 38.8 Å². The minimum atomic E-state index is 0.305. The highest BCUT2D eigenvalue weighted by Gasteiger charge is 2.17. The Labute approximate surface area is 98.3 Å². The Morgan fingerprint density at radius 2 is 2.06 bits per heavy atom. The molecule has 0 saturated carbocycles. The summed E-state index contributed by atoms with van der Waals surface area (Å²) < 4.78 is 0. The van der Waals surface area contributed by atoms with Gasteiger partial charge in [0.15, 0.2) is 0 Å². The monoisotopic (exact) mass is 231 g/mol. The van der Waals surface area contributed by atoms with Crippen LogP contribution in [0.2, 0.25) is 0 Å². The predicted octanol–water partition coefficient (Wildman–Crippen LogP) is 1.17. The minimum Gasteiger partial charge on any atom is -0.506 e. The average molecular weight is 231 g/mol. The third kappa shape index (κ3) is 1.82. The number of benzene rings is 1. The number of anilines is 1. The Hall–Kier alpha value is -2.11. The van der Waals surface area contributed by atoms with Crippen LogP contribution in [0.4, 0.5) is 5.69 Å². The molecule has 17 heavy (non-hydrogen) atoms. The summed E-state index contributed by atoms with van der Waals surface area (Å²) >= 11 is 0. The van der Waals surface area contributed by atoms with E-state index in [1.165, 1.54) is 12.8 Å². The zero-order chi connectivity index (χ0) is 11.7. The molecule has 0 bridgehead atoms. The molecule has 6 nitrogen and oxygen atoms in total. The fourth-order valence-corrected chi connectivity index (χ4v) is 2.16. The molecule has 0 spiro atoms. The normalized spacial score (nSPS) is 15.4. The fourth-order valence-electron chi connectivity index (χ4n) is 2.16. The smallest absolute Gasteiger partial charge is 0.204 e. The molecular formula is C11H13N5O. The van der Waals surface area contributed by atoms with Crippen LogP contribution in [0.1, 0.15) is 12.8 Å². The topological polar surface area (TPSA) is 77.9 Å². The van der Waals surface area contributed by atoms with Crippen molar-refractivity contribution in [3.63, 3.8) is 0 Å². The number of H-pyrrole nitrogens is 1. The Balaban J connectivity index is 2.00. The summed E-state index contributed by atoms with van der Waals surface area (Å²) in [6.07, 6.45) is 2.34. The standard InChI is InChI=1S/C11H13N5O/c17-10-4-3-8(11-12-14-15-13-11)7-9(10)16-5-1-2-6-16/h3-4,7,17H,1-2,5-6H2,(H,12,13,14,15). The van der Waals surface area contributed by atoms with Gasteiger partial charge in [0.1, 0.15) is 5.75 Å². The van der Waals surface area contributed by atoms with E-state index in [0.717, 1.165) is 24.3 Å². The molecule has 0 radical (unpaired) electrons. The molecule has 0 atom stereocenters. The highest BCUT2D eigenvalue weighted by molar-refractivity contribution is 5.68. The van der Waals surface area contributed by atoms with Crippen molar-refractivity contribution in [2.75, 3.05) is 18.0 Å². The van der Waals surface area contributed by atoms with Crippen LogP contribution >= 0.6 is 0 Å². The molecule has 6 heteroatoms. The van der Waals surface area contributed by atoms with Gasteiger partial charge in [0, 0.05) is 18.7 Å². The third-order valence-corrected chi connectivity index (χ3v) is 3.03. The van der Waals surface area contributed by atoms with Crippen molar-refractivity contribution >= 4 is 5.69 Å². The summed E-state index contributed by atoms with van der Waals surface area (Å²) in [7, 11) is 0. The van der Waals surface area contributed by atoms with Crippen LogP contribution in [0.5, 0.6) is 5.75 Å². The second kappa shape index (κ2) is 4.04. The van der Waals surface area contributed by atoms with Gasteiger partial charge in [0.2, 0.25) is 5.82 Å². The summed E-state index contributed by atoms with van der Waals surface area (Å²) in [5, 5.41) is 23.7. The lowest BCUT2D eigenvalue weighted by Gasteiger charge is -2.19. The molecule has 2 N–H and O–H groups in total. The summed E-state index contributed by atoms with van der Waals surface area (Å²) in [5.41, 5.74) is 1.71. The number of hydrogen-bond donors (Lipinski definition) is 2. The highest BCUT2D eigenvalue weighted by Crippen LogP contribution is 2.33. The molecule has 0 amide bonds.